The lowest BCUT2D eigenvalue weighted by molar-refractivity contribution is 0.630. The molecule has 0 amide bonds. The highest BCUT2D eigenvalue weighted by Crippen LogP contribution is 2.30. The minimum atomic E-state index is -0.300. The Morgan fingerprint density at radius 3 is 2.59 bits per heavy atom. The van der Waals surface area contributed by atoms with Gasteiger partial charge in [0.25, 0.3) is 0 Å². The van der Waals surface area contributed by atoms with E-state index >= 15 is 0 Å². The van der Waals surface area contributed by atoms with Gasteiger partial charge in [0.1, 0.15) is 11.6 Å². The summed E-state index contributed by atoms with van der Waals surface area (Å²) in [4.78, 5) is 4.61. The second kappa shape index (κ2) is 7.48. The summed E-state index contributed by atoms with van der Waals surface area (Å²) >= 11 is 3.49. The van der Waals surface area contributed by atoms with Crippen molar-refractivity contribution in [3.05, 3.63) is 82.7 Å². The van der Waals surface area contributed by atoms with E-state index in [4.69, 9.17) is 0 Å². The fourth-order valence-corrected chi connectivity index (χ4v) is 3.48. The van der Waals surface area contributed by atoms with Gasteiger partial charge in [-0.2, -0.15) is 9.61 Å². The zero-order valence-corrected chi connectivity index (χ0v) is 16.3. The molecule has 2 aromatic heterocycles. The minimum absolute atomic E-state index is 0.105. The summed E-state index contributed by atoms with van der Waals surface area (Å²) in [5, 5.41) is 7.96. The lowest BCUT2D eigenvalue weighted by atomic mass is 10.0. The van der Waals surface area contributed by atoms with E-state index in [2.05, 4.69) is 50.4 Å². The molecule has 2 heterocycles. The van der Waals surface area contributed by atoms with Gasteiger partial charge >= 0.3 is 0 Å². The van der Waals surface area contributed by atoms with Crippen molar-refractivity contribution in [2.24, 2.45) is 0 Å². The Labute approximate surface area is 165 Å². The van der Waals surface area contributed by atoms with Gasteiger partial charge in [-0.3, -0.25) is 0 Å². The molecule has 0 aliphatic heterocycles. The van der Waals surface area contributed by atoms with Crippen LogP contribution in [0, 0.1) is 5.82 Å². The molecule has 27 heavy (non-hydrogen) atoms. The summed E-state index contributed by atoms with van der Waals surface area (Å²) in [5.74, 6) is 0.464. The van der Waals surface area contributed by atoms with Crippen molar-refractivity contribution in [2.45, 2.75) is 19.4 Å². The standard InChI is InChI=1S/C21H18BrFN4/c1-2-18(14-8-4-3-5-9-14)25-20-12-19(15-10-6-7-11-17(15)23)26-21-16(22)13-24-27(20)21/h3-13,18,25H,2H2,1H3. The van der Waals surface area contributed by atoms with Crippen LogP contribution in [0.25, 0.3) is 16.9 Å². The first-order chi connectivity index (χ1) is 13.2. The quantitative estimate of drug-likeness (QED) is 0.436. The average Bonchev–Trinajstić information content (AvgIpc) is 3.08. The zero-order chi connectivity index (χ0) is 18.8. The Morgan fingerprint density at radius 2 is 1.85 bits per heavy atom. The molecule has 0 aliphatic rings. The third-order valence-electron chi connectivity index (χ3n) is 4.51. The highest BCUT2D eigenvalue weighted by molar-refractivity contribution is 9.10. The third kappa shape index (κ3) is 3.45. The molecule has 0 fully saturated rings. The number of fused-ring (bicyclic) bond motifs is 1. The maximum Gasteiger partial charge on any atom is 0.172 e. The summed E-state index contributed by atoms with van der Waals surface area (Å²) in [6, 6.07) is 18.8. The number of nitrogens with one attached hydrogen (secondary N) is 1. The van der Waals surface area contributed by atoms with Crippen molar-refractivity contribution in [3.63, 3.8) is 0 Å². The Kier molecular flexibility index (Phi) is 4.90. The molecular formula is C21H18BrFN4. The normalized spacial score (nSPS) is 12.3. The van der Waals surface area contributed by atoms with Gasteiger partial charge in [-0.05, 0) is 40.0 Å². The predicted molar refractivity (Wildman–Crippen MR) is 109 cm³/mol. The van der Waals surface area contributed by atoms with Crippen LogP contribution in [0.3, 0.4) is 0 Å². The van der Waals surface area contributed by atoms with Gasteiger partial charge in [-0.1, -0.05) is 49.4 Å². The minimum Gasteiger partial charge on any atom is -0.363 e. The van der Waals surface area contributed by atoms with Crippen LogP contribution in [-0.4, -0.2) is 14.6 Å². The number of aromatic nitrogens is 3. The van der Waals surface area contributed by atoms with Crippen molar-refractivity contribution in [1.82, 2.24) is 14.6 Å². The van der Waals surface area contributed by atoms with E-state index in [9.17, 15) is 4.39 Å². The van der Waals surface area contributed by atoms with Gasteiger partial charge in [-0.25, -0.2) is 9.37 Å². The first-order valence-corrected chi connectivity index (χ1v) is 9.57. The summed E-state index contributed by atoms with van der Waals surface area (Å²) in [5.41, 5.74) is 2.85. The maximum absolute atomic E-state index is 14.3. The fraction of sp³-hybridized carbons (Fsp3) is 0.143. The van der Waals surface area contributed by atoms with Gasteiger partial charge in [0.2, 0.25) is 0 Å². The molecule has 136 valence electrons. The molecule has 1 atom stereocenters. The topological polar surface area (TPSA) is 42.2 Å². The van der Waals surface area contributed by atoms with Crippen LogP contribution in [0.5, 0.6) is 0 Å². The van der Waals surface area contributed by atoms with E-state index in [1.54, 1.807) is 22.8 Å². The van der Waals surface area contributed by atoms with Crippen LogP contribution in [0.15, 0.2) is 71.3 Å². The van der Waals surface area contributed by atoms with Crippen LogP contribution in [0.1, 0.15) is 24.9 Å². The largest absolute Gasteiger partial charge is 0.363 e. The van der Waals surface area contributed by atoms with Crippen molar-refractivity contribution in [2.75, 3.05) is 5.32 Å². The van der Waals surface area contributed by atoms with Crippen molar-refractivity contribution < 1.29 is 4.39 Å². The Balaban J connectivity index is 1.83. The van der Waals surface area contributed by atoms with Gasteiger partial charge < -0.3 is 5.32 Å². The number of nitrogens with zero attached hydrogens (tertiary/aromatic N) is 3. The van der Waals surface area contributed by atoms with E-state index in [0.717, 1.165) is 16.7 Å². The molecule has 0 bridgehead atoms. The molecule has 4 rings (SSSR count). The second-order valence-electron chi connectivity index (χ2n) is 6.25. The Morgan fingerprint density at radius 1 is 1.11 bits per heavy atom. The number of hydrogen-bond acceptors (Lipinski definition) is 3. The number of halogens is 2. The van der Waals surface area contributed by atoms with Crippen LogP contribution in [0.4, 0.5) is 10.2 Å². The predicted octanol–water partition coefficient (Wildman–Crippen LogP) is 5.86. The maximum atomic E-state index is 14.3. The summed E-state index contributed by atoms with van der Waals surface area (Å²) < 4.78 is 16.8. The van der Waals surface area contributed by atoms with Gasteiger partial charge in [0.05, 0.1) is 22.4 Å². The molecule has 0 saturated carbocycles. The number of benzene rings is 2. The first-order valence-electron chi connectivity index (χ1n) is 8.78. The van der Waals surface area contributed by atoms with Crippen LogP contribution in [-0.2, 0) is 0 Å². The van der Waals surface area contributed by atoms with Crippen LogP contribution in [0.2, 0.25) is 0 Å². The van der Waals surface area contributed by atoms with Gasteiger partial charge in [0.15, 0.2) is 5.65 Å². The highest BCUT2D eigenvalue weighted by atomic mass is 79.9. The molecule has 4 aromatic rings. The lowest BCUT2D eigenvalue weighted by Crippen LogP contribution is -2.13. The van der Waals surface area contributed by atoms with Crippen molar-refractivity contribution in [3.8, 4) is 11.3 Å². The van der Waals surface area contributed by atoms with E-state index in [1.807, 2.05) is 30.3 Å². The summed E-state index contributed by atoms with van der Waals surface area (Å²) in [6.07, 6.45) is 2.59. The zero-order valence-electron chi connectivity index (χ0n) is 14.7. The number of rotatable bonds is 5. The van der Waals surface area contributed by atoms with Gasteiger partial charge in [-0.15, -0.1) is 0 Å². The van der Waals surface area contributed by atoms with Gasteiger partial charge in [0, 0.05) is 11.6 Å². The lowest BCUT2D eigenvalue weighted by Gasteiger charge is -2.20. The first kappa shape index (κ1) is 17.7. The smallest absolute Gasteiger partial charge is 0.172 e. The van der Waals surface area contributed by atoms with E-state index in [0.29, 0.717) is 16.9 Å². The number of hydrogen-bond donors (Lipinski definition) is 1. The van der Waals surface area contributed by atoms with E-state index in [1.165, 1.54) is 11.6 Å². The highest BCUT2D eigenvalue weighted by Gasteiger charge is 2.16. The second-order valence-corrected chi connectivity index (χ2v) is 7.10. The fourth-order valence-electron chi connectivity index (χ4n) is 3.13. The molecule has 0 aliphatic carbocycles. The van der Waals surface area contributed by atoms with E-state index in [-0.39, 0.29) is 11.9 Å². The van der Waals surface area contributed by atoms with Crippen LogP contribution >= 0.6 is 15.9 Å². The molecule has 0 radical (unpaired) electrons. The molecule has 6 heteroatoms. The Hall–Kier alpha value is -2.73. The van der Waals surface area contributed by atoms with Crippen molar-refractivity contribution >= 4 is 27.4 Å². The Bertz CT molecular complexity index is 1080. The SMILES string of the molecule is CCC(Nc1cc(-c2ccccc2F)nc2c(Br)cnn12)c1ccccc1. The number of anilines is 1. The molecule has 0 saturated heterocycles. The molecule has 0 spiro atoms. The average molecular weight is 425 g/mol. The molecule has 1 unspecified atom stereocenters. The van der Waals surface area contributed by atoms with Crippen LogP contribution < -0.4 is 5.32 Å². The van der Waals surface area contributed by atoms with Crippen molar-refractivity contribution in [1.29, 1.82) is 0 Å². The molecule has 1 N–H and O–H groups in total. The summed E-state index contributed by atoms with van der Waals surface area (Å²) in [7, 11) is 0. The van der Waals surface area contributed by atoms with E-state index < -0.39 is 0 Å². The molecule has 4 nitrogen and oxygen atoms in total. The summed E-state index contributed by atoms with van der Waals surface area (Å²) in [6.45, 7) is 2.12. The third-order valence-corrected chi connectivity index (χ3v) is 5.07. The molecular weight excluding hydrogens is 407 g/mol. The molecule has 2 aromatic carbocycles. The monoisotopic (exact) mass is 424 g/mol.